The van der Waals surface area contributed by atoms with Gasteiger partial charge in [0.2, 0.25) is 0 Å². The number of nitrogen functional groups attached to an aromatic ring is 1. The molecule has 4 nitrogen and oxygen atoms in total. The van der Waals surface area contributed by atoms with Gasteiger partial charge in [0.15, 0.2) is 0 Å². The summed E-state index contributed by atoms with van der Waals surface area (Å²) in [5, 5.41) is 6.95. The lowest BCUT2D eigenvalue weighted by Crippen LogP contribution is -2.02. The van der Waals surface area contributed by atoms with E-state index in [1.807, 2.05) is 30.3 Å². The van der Waals surface area contributed by atoms with Crippen molar-refractivity contribution in [1.29, 1.82) is 0 Å². The molecule has 4 heteroatoms. The Morgan fingerprint density at radius 2 is 2.14 bits per heavy atom. The predicted molar refractivity (Wildman–Crippen MR) is 54.7 cm³/mol. The molecule has 0 aliphatic rings. The molecule has 1 aromatic carbocycles. The molecule has 2 aromatic rings. The number of hydrogen-bond donors (Lipinski definition) is 2. The van der Waals surface area contributed by atoms with E-state index in [0.717, 1.165) is 17.1 Å². The number of benzene rings is 1. The lowest BCUT2D eigenvalue weighted by atomic mass is 10.2. The third-order valence-electron chi connectivity index (χ3n) is 1.91. The van der Waals surface area contributed by atoms with Crippen LogP contribution in [0.2, 0.25) is 0 Å². The minimum atomic E-state index is 0.616. The summed E-state index contributed by atoms with van der Waals surface area (Å²) in [4.78, 5) is 0. The normalized spacial score (nSPS) is 10.0. The van der Waals surface area contributed by atoms with Crippen LogP contribution in [0.25, 0.3) is 0 Å². The maximum Gasteiger partial charge on any atom is 0.124 e. The van der Waals surface area contributed by atoms with Gasteiger partial charge in [0.1, 0.15) is 12.0 Å². The van der Waals surface area contributed by atoms with Crippen LogP contribution in [-0.4, -0.2) is 5.16 Å². The first kappa shape index (κ1) is 8.62. The van der Waals surface area contributed by atoms with Gasteiger partial charge in [-0.3, -0.25) is 0 Å². The highest BCUT2D eigenvalue weighted by atomic mass is 16.5. The molecule has 14 heavy (non-hydrogen) atoms. The van der Waals surface area contributed by atoms with Gasteiger partial charge in [-0.1, -0.05) is 17.3 Å². The van der Waals surface area contributed by atoms with Gasteiger partial charge in [-0.05, 0) is 12.1 Å². The number of rotatable bonds is 3. The molecule has 0 aliphatic carbocycles. The lowest BCUT2D eigenvalue weighted by molar-refractivity contribution is 0.412. The topological polar surface area (TPSA) is 64.1 Å². The number of nitrogens with zero attached hydrogens (tertiary/aromatic N) is 1. The van der Waals surface area contributed by atoms with Crippen molar-refractivity contribution in [3.63, 3.8) is 0 Å². The van der Waals surface area contributed by atoms with E-state index < -0.39 is 0 Å². The molecule has 1 heterocycles. The molecule has 0 spiro atoms. The van der Waals surface area contributed by atoms with Crippen LogP contribution in [0.5, 0.6) is 0 Å². The molecule has 0 saturated heterocycles. The zero-order chi connectivity index (χ0) is 9.80. The quantitative estimate of drug-likeness (QED) is 0.723. The number of para-hydroxylation sites is 2. The monoisotopic (exact) mass is 189 g/mol. The Labute approximate surface area is 81.7 Å². The molecular weight excluding hydrogens is 178 g/mol. The summed E-state index contributed by atoms with van der Waals surface area (Å²) in [7, 11) is 0. The fourth-order valence-electron chi connectivity index (χ4n) is 1.17. The van der Waals surface area contributed by atoms with Gasteiger partial charge in [-0.15, -0.1) is 0 Å². The highest BCUT2D eigenvalue weighted by molar-refractivity contribution is 5.65. The SMILES string of the molecule is Nc1ccccc1NCc1ccon1. The number of nitrogens with one attached hydrogen (secondary N) is 1. The average Bonchev–Trinajstić information content (AvgIpc) is 2.69. The fourth-order valence-corrected chi connectivity index (χ4v) is 1.17. The Morgan fingerprint density at radius 1 is 1.29 bits per heavy atom. The Kier molecular flexibility index (Phi) is 2.36. The minimum Gasteiger partial charge on any atom is -0.397 e. The van der Waals surface area contributed by atoms with Crippen molar-refractivity contribution >= 4 is 11.4 Å². The van der Waals surface area contributed by atoms with Crippen molar-refractivity contribution < 1.29 is 4.52 Å². The van der Waals surface area contributed by atoms with Gasteiger partial charge < -0.3 is 15.6 Å². The first-order valence-corrected chi connectivity index (χ1v) is 4.34. The number of aromatic nitrogens is 1. The Bertz CT molecular complexity index is 398. The predicted octanol–water partition coefficient (Wildman–Crippen LogP) is 1.87. The second-order valence-electron chi connectivity index (χ2n) is 2.93. The summed E-state index contributed by atoms with van der Waals surface area (Å²) in [5.74, 6) is 0. The maximum absolute atomic E-state index is 5.75. The summed E-state index contributed by atoms with van der Waals surface area (Å²) in [5.41, 5.74) is 8.25. The standard InChI is InChI=1S/C10H11N3O/c11-9-3-1-2-4-10(9)12-7-8-5-6-14-13-8/h1-6,12H,7,11H2. The van der Waals surface area contributed by atoms with Crippen LogP contribution in [0.15, 0.2) is 41.1 Å². The largest absolute Gasteiger partial charge is 0.397 e. The third-order valence-corrected chi connectivity index (χ3v) is 1.91. The Morgan fingerprint density at radius 3 is 2.86 bits per heavy atom. The Hall–Kier alpha value is -1.97. The van der Waals surface area contributed by atoms with Crippen LogP contribution in [0.4, 0.5) is 11.4 Å². The third kappa shape index (κ3) is 1.85. The molecule has 0 bridgehead atoms. The Balaban J connectivity index is 2.02. The van der Waals surface area contributed by atoms with E-state index in [-0.39, 0.29) is 0 Å². The van der Waals surface area contributed by atoms with Crippen molar-refractivity contribution in [1.82, 2.24) is 5.16 Å². The van der Waals surface area contributed by atoms with E-state index in [4.69, 9.17) is 10.3 Å². The van der Waals surface area contributed by atoms with Crippen LogP contribution in [0.1, 0.15) is 5.69 Å². The minimum absolute atomic E-state index is 0.616. The molecule has 72 valence electrons. The van der Waals surface area contributed by atoms with Crippen molar-refractivity contribution in [3.8, 4) is 0 Å². The first-order valence-electron chi connectivity index (χ1n) is 4.34. The first-order chi connectivity index (χ1) is 6.86. The van der Waals surface area contributed by atoms with Crippen LogP contribution in [0, 0.1) is 0 Å². The summed E-state index contributed by atoms with van der Waals surface area (Å²) in [6, 6.07) is 9.42. The van der Waals surface area contributed by atoms with E-state index in [0.29, 0.717) is 6.54 Å². The van der Waals surface area contributed by atoms with Crippen LogP contribution in [0.3, 0.4) is 0 Å². The van der Waals surface area contributed by atoms with Gasteiger partial charge in [0.05, 0.1) is 17.9 Å². The molecule has 0 saturated carbocycles. The summed E-state index contributed by atoms with van der Waals surface area (Å²) in [6.07, 6.45) is 1.55. The van der Waals surface area contributed by atoms with E-state index in [9.17, 15) is 0 Å². The highest BCUT2D eigenvalue weighted by Crippen LogP contribution is 2.17. The zero-order valence-corrected chi connectivity index (χ0v) is 7.60. The van der Waals surface area contributed by atoms with Crippen LogP contribution in [-0.2, 0) is 6.54 Å². The maximum atomic E-state index is 5.75. The van der Waals surface area contributed by atoms with Gasteiger partial charge in [-0.25, -0.2) is 0 Å². The van der Waals surface area contributed by atoms with E-state index in [2.05, 4.69) is 10.5 Å². The van der Waals surface area contributed by atoms with Crippen molar-refractivity contribution in [2.75, 3.05) is 11.1 Å². The van der Waals surface area contributed by atoms with Crippen molar-refractivity contribution in [2.24, 2.45) is 0 Å². The lowest BCUT2D eigenvalue weighted by Gasteiger charge is -2.06. The molecule has 0 aliphatic heterocycles. The second-order valence-corrected chi connectivity index (χ2v) is 2.93. The molecule has 0 radical (unpaired) electrons. The highest BCUT2D eigenvalue weighted by Gasteiger charge is 1.98. The molecule has 3 N–H and O–H groups in total. The van der Waals surface area contributed by atoms with E-state index >= 15 is 0 Å². The summed E-state index contributed by atoms with van der Waals surface area (Å²) in [6.45, 7) is 0.616. The van der Waals surface area contributed by atoms with Crippen molar-refractivity contribution in [2.45, 2.75) is 6.54 Å². The van der Waals surface area contributed by atoms with Gasteiger partial charge >= 0.3 is 0 Å². The van der Waals surface area contributed by atoms with Gasteiger partial charge in [0.25, 0.3) is 0 Å². The smallest absolute Gasteiger partial charge is 0.124 e. The molecule has 0 amide bonds. The van der Waals surface area contributed by atoms with E-state index in [1.54, 1.807) is 6.26 Å². The molecule has 1 aromatic heterocycles. The fraction of sp³-hybridized carbons (Fsp3) is 0.100. The average molecular weight is 189 g/mol. The molecular formula is C10H11N3O. The second kappa shape index (κ2) is 3.83. The summed E-state index contributed by atoms with van der Waals surface area (Å²) >= 11 is 0. The van der Waals surface area contributed by atoms with E-state index in [1.165, 1.54) is 0 Å². The zero-order valence-electron chi connectivity index (χ0n) is 7.60. The summed E-state index contributed by atoms with van der Waals surface area (Å²) < 4.78 is 4.71. The molecule has 2 rings (SSSR count). The van der Waals surface area contributed by atoms with Crippen LogP contribution >= 0.6 is 0 Å². The van der Waals surface area contributed by atoms with Gasteiger partial charge in [-0.2, -0.15) is 0 Å². The molecule has 0 unspecified atom stereocenters. The number of hydrogen-bond acceptors (Lipinski definition) is 4. The van der Waals surface area contributed by atoms with Crippen molar-refractivity contribution in [3.05, 3.63) is 42.3 Å². The molecule has 0 atom stereocenters. The molecule has 0 fully saturated rings. The van der Waals surface area contributed by atoms with Gasteiger partial charge in [0, 0.05) is 6.07 Å². The number of anilines is 2. The van der Waals surface area contributed by atoms with Crippen LogP contribution < -0.4 is 11.1 Å². The number of nitrogens with two attached hydrogens (primary N) is 1.